The molecule has 3 aromatic carbocycles. The van der Waals surface area contributed by atoms with Gasteiger partial charge in [-0.3, -0.25) is 0 Å². The average Bonchev–Trinajstić information content (AvgIpc) is 2.84. The normalized spacial score (nSPS) is 11.4. The van der Waals surface area contributed by atoms with Crippen molar-refractivity contribution >= 4 is 11.3 Å². The third-order valence-electron chi connectivity index (χ3n) is 6.37. The van der Waals surface area contributed by atoms with Gasteiger partial charge in [-0.05, 0) is 93.3 Å². The quantitative estimate of drug-likeness (QED) is 0.293. The number of nitrogens with zero attached hydrogens (tertiary/aromatic N) is 2. The molecule has 0 spiro atoms. The maximum absolute atomic E-state index is 9.41. The Balaban J connectivity index is 1.63. The summed E-state index contributed by atoms with van der Waals surface area (Å²) < 4.78 is 0. The maximum Gasteiger partial charge on any atom is 0.0994 e. The van der Waals surface area contributed by atoms with E-state index in [0.717, 1.165) is 42.6 Å². The van der Waals surface area contributed by atoms with Crippen LogP contribution in [0.4, 0.5) is 5.69 Å². The topological polar surface area (TPSA) is 27.0 Å². The van der Waals surface area contributed by atoms with Gasteiger partial charge < -0.3 is 4.90 Å². The highest BCUT2D eigenvalue weighted by atomic mass is 15.2. The van der Waals surface area contributed by atoms with Gasteiger partial charge in [-0.15, -0.1) is 0 Å². The molecule has 0 N–H and O–H groups in total. The number of rotatable bonds is 10. The molecule has 0 atom stereocenters. The molecule has 0 aromatic heterocycles. The molecular formula is C32H36N2. The molecule has 0 heterocycles. The van der Waals surface area contributed by atoms with Crippen molar-refractivity contribution < 1.29 is 0 Å². The molecule has 34 heavy (non-hydrogen) atoms. The van der Waals surface area contributed by atoms with E-state index in [1.54, 1.807) is 0 Å². The van der Waals surface area contributed by atoms with Crippen LogP contribution in [0.1, 0.15) is 55.0 Å². The smallest absolute Gasteiger partial charge is 0.0994 e. The van der Waals surface area contributed by atoms with Crippen molar-refractivity contribution in [3.8, 4) is 6.07 Å². The minimum atomic E-state index is 0.280. The second-order valence-electron chi connectivity index (χ2n) is 9.14. The van der Waals surface area contributed by atoms with Crippen molar-refractivity contribution in [2.45, 2.75) is 59.4 Å². The summed E-state index contributed by atoms with van der Waals surface area (Å²) in [6, 6.07) is 28.4. The Kier molecular flexibility index (Phi) is 8.88. The zero-order chi connectivity index (χ0) is 24.5. The number of allylic oxidation sites excluding steroid dienone is 3. The molecule has 0 radical (unpaired) electrons. The Labute approximate surface area is 205 Å². The monoisotopic (exact) mass is 448 g/mol. The molecule has 0 aliphatic carbocycles. The lowest BCUT2D eigenvalue weighted by molar-refractivity contribution is 0.722. The third kappa shape index (κ3) is 6.49. The van der Waals surface area contributed by atoms with Crippen LogP contribution >= 0.6 is 0 Å². The highest BCUT2D eigenvalue weighted by Gasteiger charge is 2.15. The van der Waals surface area contributed by atoms with Gasteiger partial charge in [0.15, 0.2) is 0 Å². The molecule has 2 heteroatoms. The first kappa shape index (κ1) is 25.1. The summed E-state index contributed by atoms with van der Waals surface area (Å²) in [5, 5.41) is 9.41. The number of nitriles is 1. The lowest BCUT2D eigenvalue weighted by atomic mass is 9.99. The first-order valence-corrected chi connectivity index (χ1v) is 12.2. The molecule has 2 nitrogen and oxygen atoms in total. The average molecular weight is 449 g/mol. The molecular weight excluding hydrogens is 412 g/mol. The second-order valence-corrected chi connectivity index (χ2v) is 9.14. The van der Waals surface area contributed by atoms with E-state index < -0.39 is 0 Å². The summed E-state index contributed by atoms with van der Waals surface area (Å²) in [4.78, 5) is 2.28. The van der Waals surface area contributed by atoms with E-state index in [-0.39, 0.29) is 6.04 Å². The summed E-state index contributed by atoms with van der Waals surface area (Å²) in [5.41, 5.74) is 9.32. The molecule has 0 aliphatic heterocycles. The van der Waals surface area contributed by atoms with Crippen LogP contribution < -0.4 is 4.90 Å². The predicted molar refractivity (Wildman–Crippen MR) is 146 cm³/mol. The van der Waals surface area contributed by atoms with Gasteiger partial charge in [-0.25, -0.2) is 0 Å². The van der Waals surface area contributed by atoms with Crippen molar-refractivity contribution in [2.24, 2.45) is 0 Å². The van der Waals surface area contributed by atoms with Gasteiger partial charge in [-0.2, -0.15) is 5.26 Å². The summed E-state index contributed by atoms with van der Waals surface area (Å²) in [5.74, 6) is 0. The van der Waals surface area contributed by atoms with Crippen LogP contribution in [0.3, 0.4) is 0 Å². The van der Waals surface area contributed by atoms with E-state index in [0.29, 0.717) is 5.57 Å². The standard InChI is InChI=1S/C32H36N2/c1-6-29(23-33)31-12-9-13-32(22-31)34(24(2)3)26(5)14-15-27-16-18-28(19-17-27)20-21-30-11-8-7-10-25(30)4/h6-13,16-19,22,24H,5,14-15,20-21H2,1-4H3/b29-6-. The van der Waals surface area contributed by atoms with Gasteiger partial charge in [0.25, 0.3) is 0 Å². The zero-order valence-electron chi connectivity index (χ0n) is 21.0. The predicted octanol–water partition coefficient (Wildman–Crippen LogP) is 8.07. The van der Waals surface area contributed by atoms with Gasteiger partial charge in [0.1, 0.15) is 0 Å². The van der Waals surface area contributed by atoms with Crippen LogP contribution in [-0.2, 0) is 19.3 Å². The summed E-state index contributed by atoms with van der Waals surface area (Å²) in [6.45, 7) is 12.9. The van der Waals surface area contributed by atoms with Crippen LogP contribution in [-0.4, -0.2) is 6.04 Å². The molecule has 0 aliphatic rings. The Bertz CT molecular complexity index is 1180. The van der Waals surface area contributed by atoms with E-state index in [1.165, 1.54) is 22.3 Å². The highest BCUT2D eigenvalue weighted by molar-refractivity contribution is 5.78. The fourth-order valence-corrected chi connectivity index (χ4v) is 4.42. The van der Waals surface area contributed by atoms with Crippen molar-refractivity contribution in [1.82, 2.24) is 0 Å². The summed E-state index contributed by atoms with van der Waals surface area (Å²) in [7, 11) is 0. The van der Waals surface area contributed by atoms with Crippen molar-refractivity contribution in [3.05, 3.63) is 119 Å². The molecule has 0 saturated heterocycles. The maximum atomic E-state index is 9.41. The van der Waals surface area contributed by atoms with Crippen LogP contribution in [0, 0.1) is 18.3 Å². The Hall–Kier alpha value is -3.57. The van der Waals surface area contributed by atoms with Gasteiger partial charge in [0.05, 0.1) is 11.6 Å². The Morgan fingerprint density at radius 1 is 0.941 bits per heavy atom. The first-order valence-electron chi connectivity index (χ1n) is 12.2. The van der Waals surface area contributed by atoms with E-state index in [4.69, 9.17) is 0 Å². The third-order valence-corrected chi connectivity index (χ3v) is 6.37. The molecule has 0 unspecified atom stereocenters. The minimum absolute atomic E-state index is 0.280. The van der Waals surface area contributed by atoms with E-state index >= 15 is 0 Å². The van der Waals surface area contributed by atoms with E-state index in [2.05, 4.69) is 99.0 Å². The largest absolute Gasteiger partial charge is 0.343 e. The molecule has 0 saturated carbocycles. The number of benzene rings is 3. The highest BCUT2D eigenvalue weighted by Crippen LogP contribution is 2.27. The molecule has 0 fully saturated rings. The molecule has 3 aromatic rings. The number of hydrogen-bond acceptors (Lipinski definition) is 2. The lowest BCUT2D eigenvalue weighted by Gasteiger charge is -2.31. The van der Waals surface area contributed by atoms with Gasteiger partial charge in [0, 0.05) is 17.4 Å². The molecule has 3 rings (SSSR count). The van der Waals surface area contributed by atoms with Crippen LogP contribution in [0.25, 0.3) is 5.57 Å². The number of hydrogen-bond donors (Lipinski definition) is 0. The van der Waals surface area contributed by atoms with Gasteiger partial charge in [-0.1, -0.05) is 73.3 Å². The van der Waals surface area contributed by atoms with Crippen molar-refractivity contribution in [2.75, 3.05) is 4.90 Å². The van der Waals surface area contributed by atoms with E-state index in [9.17, 15) is 5.26 Å². The zero-order valence-corrected chi connectivity index (χ0v) is 21.0. The molecule has 0 amide bonds. The Morgan fingerprint density at radius 2 is 1.62 bits per heavy atom. The molecule has 174 valence electrons. The van der Waals surface area contributed by atoms with E-state index in [1.807, 2.05) is 25.1 Å². The summed E-state index contributed by atoms with van der Waals surface area (Å²) >= 11 is 0. The first-order chi connectivity index (χ1) is 16.4. The van der Waals surface area contributed by atoms with Crippen molar-refractivity contribution in [3.63, 3.8) is 0 Å². The second kappa shape index (κ2) is 12.1. The Morgan fingerprint density at radius 3 is 2.24 bits per heavy atom. The van der Waals surface area contributed by atoms with Gasteiger partial charge in [0.2, 0.25) is 0 Å². The van der Waals surface area contributed by atoms with Gasteiger partial charge >= 0.3 is 0 Å². The summed E-state index contributed by atoms with van der Waals surface area (Å²) in [6.07, 6.45) is 5.84. The fourth-order valence-electron chi connectivity index (χ4n) is 4.42. The number of aryl methyl sites for hydroxylation is 4. The van der Waals surface area contributed by atoms with Crippen LogP contribution in [0.15, 0.2) is 91.1 Å². The van der Waals surface area contributed by atoms with Crippen LogP contribution in [0.5, 0.6) is 0 Å². The van der Waals surface area contributed by atoms with Crippen molar-refractivity contribution in [1.29, 1.82) is 5.26 Å². The lowest BCUT2D eigenvalue weighted by Crippen LogP contribution is -2.29. The van der Waals surface area contributed by atoms with Crippen LogP contribution in [0.2, 0.25) is 0 Å². The molecule has 0 bridgehead atoms. The SMILES string of the molecule is C=C(CCc1ccc(CCc2ccccc2C)cc1)N(c1cccc(/C(C#N)=C\C)c1)C(C)C. The number of anilines is 1. The minimum Gasteiger partial charge on any atom is -0.343 e. The fraction of sp³-hybridized carbons (Fsp3) is 0.281.